The van der Waals surface area contributed by atoms with Crippen molar-refractivity contribution in [3.8, 4) is 5.69 Å². The number of anilines is 1. The van der Waals surface area contributed by atoms with Gasteiger partial charge in [-0.25, -0.2) is 0 Å². The maximum absolute atomic E-state index is 4.07. The molecule has 1 aromatic heterocycles. The molecule has 7 aromatic rings. The third-order valence-electron chi connectivity index (χ3n) is 9.31. The molecule has 6 aromatic carbocycles. The van der Waals surface area contributed by atoms with Crippen LogP contribution in [0.15, 0.2) is 181 Å². The van der Waals surface area contributed by atoms with E-state index >= 15 is 0 Å². The van der Waals surface area contributed by atoms with Crippen molar-refractivity contribution in [3.05, 3.63) is 187 Å². The first-order valence-electron chi connectivity index (χ1n) is 16.4. The molecule has 8 rings (SSSR count). The second-order valence-electron chi connectivity index (χ2n) is 12.3. The minimum Gasteiger partial charge on any atom is -0.358 e. The molecule has 0 saturated carbocycles. The number of fused-ring (bicyclic) bond motifs is 5. The van der Waals surface area contributed by atoms with Crippen molar-refractivity contribution in [3.63, 3.8) is 0 Å². The van der Waals surface area contributed by atoms with Gasteiger partial charge in [-0.3, -0.25) is 0 Å². The van der Waals surface area contributed by atoms with Gasteiger partial charge in [-0.2, -0.15) is 0 Å². The lowest BCUT2D eigenvalue weighted by Crippen LogP contribution is -2.06. The largest absolute Gasteiger partial charge is 0.358 e. The summed E-state index contributed by atoms with van der Waals surface area (Å²) in [6.07, 6.45) is 12.9. The van der Waals surface area contributed by atoms with E-state index in [0.29, 0.717) is 0 Å². The average molecular weight is 605 g/mol. The first kappa shape index (κ1) is 28.6. The van der Waals surface area contributed by atoms with Crippen LogP contribution < -0.4 is 5.32 Å². The topological polar surface area (TPSA) is 17.0 Å². The molecule has 2 nitrogen and oxygen atoms in total. The van der Waals surface area contributed by atoms with Crippen LogP contribution in [0.2, 0.25) is 0 Å². The van der Waals surface area contributed by atoms with Gasteiger partial charge in [-0.15, -0.1) is 0 Å². The van der Waals surface area contributed by atoms with Gasteiger partial charge in [0.15, 0.2) is 0 Å². The second kappa shape index (κ2) is 12.2. The Morgan fingerprint density at radius 2 is 1.40 bits per heavy atom. The maximum atomic E-state index is 4.07. The fourth-order valence-corrected chi connectivity index (χ4v) is 7.02. The summed E-state index contributed by atoms with van der Waals surface area (Å²) in [7, 11) is 0. The van der Waals surface area contributed by atoms with Crippen LogP contribution >= 0.6 is 0 Å². The smallest absolute Gasteiger partial charge is 0.0541 e. The van der Waals surface area contributed by atoms with Crippen molar-refractivity contribution in [1.82, 2.24) is 4.57 Å². The number of nitrogens with one attached hydrogen (secondary N) is 1. The van der Waals surface area contributed by atoms with E-state index < -0.39 is 0 Å². The Labute approximate surface area is 276 Å². The van der Waals surface area contributed by atoms with Gasteiger partial charge in [-0.1, -0.05) is 122 Å². The Hall–Kier alpha value is -5.86. The summed E-state index contributed by atoms with van der Waals surface area (Å²) in [5.74, 6) is 0. The Balaban J connectivity index is 1.20. The minimum absolute atomic E-state index is 0.977. The molecular weight excluding hydrogens is 569 g/mol. The fourth-order valence-electron chi connectivity index (χ4n) is 7.02. The zero-order chi connectivity index (χ0) is 31.7. The van der Waals surface area contributed by atoms with Gasteiger partial charge in [-0.05, 0) is 106 Å². The lowest BCUT2D eigenvalue weighted by atomic mass is 9.93. The zero-order valence-corrected chi connectivity index (χ0v) is 26.6. The maximum Gasteiger partial charge on any atom is 0.0541 e. The predicted molar refractivity (Wildman–Crippen MR) is 203 cm³/mol. The molecule has 0 spiro atoms. The lowest BCUT2D eigenvalue weighted by Gasteiger charge is -2.19. The van der Waals surface area contributed by atoms with Gasteiger partial charge in [0.25, 0.3) is 0 Å². The molecule has 0 amide bonds. The Kier molecular flexibility index (Phi) is 7.39. The highest BCUT2D eigenvalue weighted by Gasteiger charge is 2.15. The average Bonchev–Trinajstić information content (AvgIpc) is 3.45. The third-order valence-corrected chi connectivity index (χ3v) is 9.31. The normalized spacial score (nSPS) is 14.1. The molecule has 2 heteroatoms. The molecule has 0 fully saturated rings. The number of nitrogens with zero attached hydrogens (tertiary/aromatic N) is 1. The highest BCUT2D eigenvalue weighted by atomic mass is 15.0. The minimum atomic E-state index is 0.977. The van der Waals surface area contributed by atoms with Crippen LogP contribution in [0.3, 0.4) is 0 Å². The number of aromatic nitrogens is 1. The van der Waals surface area contributed by atoms with Crippen LogP contribution in [-0.2, 0) is 0 Å². The van der Waals surface area contributed by atoms with Crippen LogP contribution in [0.25, 0.3) is 54.6 Å². The van der Waals surface area contributed by atoms with Crippen LogP contribution in [0, 0.1) is 0 Å². The van der Waals surface area contributed by atoms with Crippen molar-refractivity contribution >= 4 is 54.6 Å². The summed E-state index contributed by atoms with van der Waals surface area (Å²) in [5.41, 5.74) is 10.7. The molecule has 0 atom stereocenters. The van der Waals surface area contributed by atoms with Gasteiger partial charge in [0.05, 0.1) is 11.0 Å². The number of para-hydroxylation sites is 1. The molecule has 1 aliphatic carbocycles. The van der Waals surface area contributed by atoms with Gasteiger partial charge in [0, 0.05) is 27.8 Å². The van der Waals surface area contributed by atoms with E-state index in [4.69, 9.17) is 0 Å². The Bertz CT molecular complexity index is 2460. The van der Waals surface area contributed by atoms with E-state index in [-0.39, 0.29) is 0 Å². The summed E-state index contributed by atoms with van der Waals surface area (Å²) in [6, 6.07) is 46.0. The fraction of sp³-hybridized carbons (Fsp3) is 0.0667. The molecule has 226 valence electrons. The summed E-state index contributed by atoms with van der Waals surface area (Å²) in [6.45, 7) is 6.29. The first-order valence-corrected chi connectivity index (χ1v) is 16.4. The van der Waals surface area contributed by atoms with Crippen molar-refractivity contribution in [1.29, 1.82) is 0 Å². The predicted octanol–water partition coefficient (Wildman–Crippen LogP) is 12.3. The van der Waals surface area contributed by atoms with E-state index in [9.17, 15) is 0 Å². The van der Waals surface area contributed by atoms with Gasteiger partial charge >= 0.3 is 0 Å². The SMILES string of the molecule is C=C/C=C(\C=C(/C)C1=C(Nc2ccc3ccccc3c2)CCC=C1)c1ccc2c(c1)c1ccccc1n2-c1ccc2ccccc2c1. The molecule has 0 bridgehead atoms. The van der Waals surface area contributed by atoms with Crippen LogP contribution in [0.4, 0.5) is 5.69 Å². The standard InChI is InChI=1S/C45H36N2/c1-3-12-34(27-31(2)40-17-8-10-19-43(40)46-38-24-21-32-13-4-6-15-35(32)28-38)37-23-26-45-42(30-37)41-18-9-11-20-44(41)47(45)39-25-22-33-14-5-7-16-36(33)29-39/h3-9,11-18,20-30,46H,1,10,19H2,2H3/b31-27+,34-12+. The van der Waals surface area contributed by atoms with Crippen molar-refractivity contribution < 1.29 is 0 Å². The van der Waals surface area contributed by atoms with Crippen LogP contribution in [0.1, 0.15) is 25.3 Å². The Morgan fingerprint density at radius 3 is 2.21 bits per heavy atom. The molecule has 1 aliphatic rings. The van der Waals surface area contributed by atoms with Crippen molar-refractivity contribution in [2.24, 2.45) is 0 Å². The highest BCUT2D eigenvalue weighted by Crippen LogP contribution is 2.36. The van der Waals surface area contributed by atoms with E-state index in [1.165, 1.54) is 71.4 Å². The van der Waals surface area contributed by atoms with Crippen molar-refractivity contribution in [2.75, 3.05) is 5.32 Å². The molecular formula is C45H36N2. The lowest BCUT2D eigenvalue weighted by molar-refractivity contribution is 0.947. The van der Waals surface area contributed by atoms with Gasteiger partial charge < -0.3 is 9.88 Å². The van der Waals surface area contributed by atoms with E-state index in [1.54, 1.807) is 0 Å². The summed E-state index contributed by atoms with van der Waals surface area (Å²) < 4.78 is 2.39. The third kappa shape index (κ3) is 5.38. The number of hydrogen-bond acceptors (Lipinski definition) is 1. The van der Waals surface area contributed by atoms with Crippen molar-refractivity contribution in [2.45, 2.75) is 19.8 Å². The molecule has 0 radical (unpaired) electrons. The monoisotopic (exact) mass is 604 g/mol. The summed E-state index contributed by atoms with van der Waals surface area (Å²) in [5, 5.41) is 11.2. The number of allylic oxidation sites excluding steroid dienone is 9. The zero-order valence-electron chi connectivity index (χ0n) is 26.6. The van der Waals surface area contributed by atoms with E-state index in [0.717, 1.165) is 24.1 Å². The van der Waals surface area contributed by atoms with Gasteiger partial charge in [0.1, 0.15) is 0 Å². The summed E-state index contributed by atoms with van der Waals surface area (Å²) >= 11 is 0. The number of hydrogen-bond donors (Lipinski definition) is 1. The highest BCUT2D eigenvalue weighted by molar-refractivity contribution is 6.10. The van der Waals surface area contributed by atoms with Gasteiger partial charge in [0.2, 0.25) is 0 Å². The summed E-state index contributed by atoms with van der Waals surface area (Å²) in [4.78, 5) is 0. The van der Waals surface area contributed by atoms with Crippen LogP contribution in [0.5, 0.6) is 0 Å². The molecule has 0 aliphatic heterocycles. The molecule has 1 N–H and O–H groups in total. The molecule has 0 saturated heterocycles. The molecule has 0 unspecified atom stereocenters. The van der Waals surface area contributed by atoms with E-state index in [1.807, 2.05) is 6.08 Å². The van der Waals surface area contributed by atoms with E-state index in [2.05, 4.69) is 175 Å². The molecule has 47 heavy (non-hydrogen) atoms. The molecule has 1 heterocycles. The number of benzene rings is 6. The quantitative estimate of drug-likeness (QED) is 0.179. The van der Waals surface area contributed by atoms with Crippen LogP contribution in [-0.4, -0.2) is 4.57 Å². The second-order valence-corrected chi connectivity index (χ2v) is 12.3. The number of rotatable bonds is 7. The Morgan fingerprint density at radius 1 is 0.702 bits per heavy atom. The first-order chi connectivity index (χ1) is 23.2.